The molecule has 7 heteroatoms. The Bertz CT molecular complexity index is 1470. The highest BCUT2D eigenvalue weighted by Gasteiger charge is 2.39. The molecule has 5 nitrogen and oxygen atoms in total. The van der Waals surface area contributed by atoms with Gasteiger partial charge in [0.1, 0.15) is 0 Å². The van der Waals surface area contributed by atoms with Gasteiger partial charge in [-0.3, -0.25) is 9.59 Å². The van der Waals surface area contributed by atoms with Crippen LogP contribution < -0.4 is 4.90 Å². The fraction of sp³-hybridized carbons (Fsp3) is 0.371. The van der Waals surface area contributed by atoms with E-state index in [1.54, 1.807) is 12.1 Å². The fourth-order valence-corrected chi connectivity index (χ4v) is 7.09. The molecule has 0 radical (unpaired) electrons. The van der Waals surface area contributed by atoms with Crippen molar-refractivity contribution in [2.45, 2.75) is 37.5 Å². The summed E-state index contributed by atoms with van der Waals surface area (Å²) >= 11 is 12.6. The normalized spacial score (nSPS) is 19.4. The van der Waals surface area contributed by atoms with Crippen LogP contribution in [0.1, 0.15) is 42.4 Å². The van der Waals surface area contributed by atoms with Gasteiger partial charge in [0.2, 0.25) is 11.8 Å². The van der Waals surface area contributed by atoms with Gasteiger partial charge in [0.25, 0.3) is 0 Å². The molecule has 42 heavy (non-hydrogen) atoms. The second-order valence-electron chi connectivity index (χ2n) is 11.8. The first-order valence-corrected chi connectivity index (χ1v) is 15.8. The Kier molecular flexibility index (Phi) is 8.71. The quantitative estimate of drug-likeness (QED) is 0.269. The molecule has 0 aromatic heterocycles. The van der Waals surface area contributed by atoms with Crippen LogP contribution in [0.2, 0.25) is 10.0 Å². The van der Waals surface area contributed by atoms with Crippen molar-refractivity contribution in [2.24, 2.45) is 5.92 Å². The fourth-order valence-electron chi connectivity index (χ4n) is 6.80. The minimum absolute atomic E-state index is 0.0192. The van der Waals surface area contributed by atoms with Crippen LogP contribution in [0.15, 0.2) is 78.9 Å². The second kappa shape index (κ2) is 12.6. The summed E-state index contributed by atoms with van der Waals surface area (Å²) in [5.41, 5.74) is 4.90. The zero-order chi connectivity index (χ0) is 29.1. The molecule has 1 atom stereocenters. The maximum absolute atomic E-state index is 13.9. The van der Waals surface area contributed by atoms with Crippen LogP contribution in [0.3, 0.4) is 0 Å². The number of allylic oxidation sites excluding steroid dienone is 1. The molecule has 2 heterocycles. The Balaban J connectivity index is 1.08. The van der Waals surface area contributed by atoms with Gasteiger partial charge >= 0.3 is 0 Å². The molecular formula is C35H37Cl2N3O2. The molecule has 3 aliphatic rings. The molecule has 3 aromatic carbocycles. The van der Waals surface area contributed by atoms with Gasteiger partial charge in [0.15, 0.2) is 0 Å². The summed E-state index contributed by atoms with van der Waals surface area (Å²) in [4.78, 5) is 33.0. The van der Waals surface area contributed by atoms with Crippen molar-refractivity contribution >= 4 is 46.8 Å². The summed E-state index contributed by atoms with van der Waals surface area (Å²) in [7, 11) is 0. The van der Waals surface area contributed by atoms with E-state index in [0.717, 1.165) is 51.0 Å². The van der Waals surface area contributed by atoms with E-state index in [-0.39, 0.29) is 29.6 Å². The van der Waals surface area contributed by atoms with Crippen LogP contribution >= 0.6 is 23.2 Å². The third kappa shape index (κ3) is 6.15. The zero-order valence-corrected chi connectivity index (χ0v) is 25.4. The molecule has 218 valence electrons. The van der Waals surface area contributed by atoms with Crippen LogP contribution in [0.5, 0.6) is 0 Å². The van der Waals surface area contributed by atoms with Gasteiger partial charge in [-0.1, -0.05) is 90.0 Å². The van der Waals surface area contributed by atoms with Crippen molar-refractivity contribution in [1.29, 1.82) is 0 Å². The number of likely N-dealkylation sites (tertiary alicyclic amines) is 2. The first-order chi connectivity index (χ1) is 20.4. The summed E-state index contributed by atoms with van der Waals surface area (Å²) in [5.74, 6) is -0.343. The van der Waals surface area contributed by atoms with Crippen LogP contribution in [0, 0.1) is 5.92 Å². The van der Waals surface area contributed by atoms with E-state index in [4.69, 9.17) is 23.2 Å². The van der Waals surface area contributed by atoms with Crippen molar-refractivity contribution in [3.05, 3.63) is 106 Å². The standard InChI is InChI=1S/C35H37Cl2N3O2/c36-31-12-11-29(24-32(31)37)40(34(42)28-23-33(41)39(25-28)20-14-26-7-2-1-3-8-26)19-6-18-38-21-16-35(17-22-38)15-13-27-9-4-5-10-30(27)35/h1-5,7-13,15,24,28H,6,14,16-23,25H2. The Morgan fingerprint density at radius 1 is 0.929 bits per heavy atom. The van der Waals surface area contributed by atoms with Crippen LogP contribution in [0.4, 0.5) is 5.69 Å². The molecule has 0 saturated carbocycles. The maximum Gasteiger partial charge on any atom is 0.232 e. The lowest BCUT2D eigenvalue weighted by atomic mass is 9.74. The molecule has 0 bridgehead atoms. The summed E-state index contributed by atoms with van der Waals surface area (Å²) < 4.78 is 0. The van der Waals surface area contributed by atoms with Crippen LogP contribution in [-0.4, -0.2) is 60.9 Å². The number of anilines is 1. The van der Waals surface area contributed by atoms with Gasteiger partial charge in [-0.2, -0.15) is 0 Å². The highest BCUT2D eigenvalue weighted by Crippen LogP contribution is 2.43. The Hall–Kier alpha value is -3.12. The number of benzene rings is 3. The zero-order valence-electron chi connectivity index (χ0n) is 23.9. The summed E-state index contributed by atoms with van der Waals surface area (Å²) in [6.07, 6.45) is 8.77. The minimum Gasteiger partial charge on any atom is -0.342 e. The van der Waals surface area contributed by atoms with Gasteiger partial charge in [-0.05, 0) is 80.2 Å². The lowest BCUT2D eigenvalue weighted by Crippen LogP contribution is -2.43. The van der Waals surface area contributed by atoms with E-state index in [9.17, 15) is 9.59 Å². The van der Waals surface area contributed by atoms with Gasteiger partial charge < -0.3 is 14.7 Å². The number of rotatable bonds is 9. The molecule has 2 amide bonds. The monoisotopic (exact) mass is 601 g/mol. The van der Waals surface area contributed by atoms with Crippen molar-refractivity contribution < 1.29 is 9.59 Å². The number of amides is 2. The Labute approximate surface area is 258 Å². The van der Waals surface area contributed by atoms with E-state index in [1.165, 1.54) is 16.7 Å². The van der Waals surface area contributed by atoms with Gasteiger partial charge in [-0.25, -0.2) is 0 Å². The third-order valence-electron chi connectivity index (χ3n) is 9.24. The SMILES string of the molecule is O=C1CC(C(=O)N(CCCN2CCC3(C=Cc4ccccc43)CC2)c2ccc(Cl)c(Cl)c2)CN1CCc1ccccc1. The smallest absolute Gasteiger partial charge is 0.232 e. The van der Waals surface area contributed by atoms with Gasteiger partial charge in [0.05, 0.1) is 16.0 Å². The molecule has 0 N–H and O–H groups in total. The Morgan fingerprint density at radius 3 is 2.48 bits per heavy atom. The lowest BCUT2D eigenvalue weighted by Gasteiger charge is -2.39. The number of fused-ring (bicyclic) bond motifs is 2. The van der Waals surface area contributed by atoms with Crippen LogP contribution in [-0.2, 0) is 21.4 Å². The van der Waals surface area contributed by atoms with Crippen molar-refractivity contribution in [2.75, 3.05) is 44.2 Å². The highest BCUT2D eigenvalue weighted by atomic mass is 35.5. The van der Waals surface area contributed by atoms with E-state index in [0.29, 0.717) is 29.7 Å². The predicted octanol–water partition coefficient (Wildman–Crippen LogP) is 6.87. The minimum atomic E-state index is -0.369. The molecule has 1 unspecified atom stereocenters. The molecule has 2 aliphatic heterocycles. The largest absolute Gasteiger partial charge is 0.342 e. The molecular weight excluding hydrogens is 565 g/mol. The number of hydrogen-bond acceptors (Lipinski definition) is 3. The molecule has 6 rings (SSSR count). The van der Waals surface area contributed by atoms with E-state index in [1.807, 2.05) is 34.1 Å². The molecule has 2 saturated heterocycles. The van der Waals surface area contributed by atoms with Crippen molar-refractivity contribution in [1.82, 2.24) is 9.80 Å². The van der Waals surface area contributed by atoms with Gasteiger partial charge in [-0.15, -0.1) is 0 Å². The second-order valence-corrected chi connectivity index (χ2v) is 12.7. The summed E-state index contributed by atoms with van der Waals surface area (Å²) in [5, 5.41) is 0.880. The molecule has 3 aromatic rings. The average Bonchev–Trinajstić information content (AvgIpc) is 3.57. The number of piperidine rings is 1. The van der Waals surface area contributed by atoms with Crippen molar-refractivity contribution in [3.8, 4) is 0 Å². The number of nitrogens with zero attached hydrogens (tertiary/aromatic N) is 3. The average molecular weight is 603 g/mol. The first kappa shape index (κ1) is 29.0. The third-order valence-corrected chi connectivity index (χ3v) is 9.98. The number of halogens is 2. The van der Waals surface area contributed by atoms with Crippen LogP contribution in [0.25, 0.3) is 6.08 Å². The molecule has 1 spiro atoms. The number of carbonyl (C=O) groups excluding carboxylic acids is 2. The van der Waals surface area contributed by atoms with E-state index >= 15 is 0 Å². The van der Waals surface area contributed by atoms with E-state index < -0.39 is 0 Å². The first-order valence-electron chi connectivity index (χ1n) is 15.0. The topological polar surface area (TPSA) is 43.9 Å². The molecule has 1 aliphatic carbocycles. The molecule has 2 fully saturated rings. The summed E-state index contributed by atoms with van der Waals surface area (Å²) in [6.45, 7) is 4.62. The highest BCUT2D eigenvalue weighted by molar-refractivity contribution is 6.42. The maximum atomic E-state index is 13.9. The number of carbonyl (C=O) groups is 2. The lowest BCUT2D eigenvalue weighted by molar-refractivity contribution is -0.128. The Morgan fingerprint density at radius 2 is 1.69 bits per heavy atom. The van der Waals surface area contributed by atoms with Gasteiger partial charge in [0, 0.05) is 37.2 Å². The summed E-state index contributed by atoms with van der Waals surface area (Å²) in [6, 6.07) is 24.3. The van der Waals surface area contributed by atoms with Crippen molar-refractivity contribution in [3.63, 3.8) is 0 Å². The predicted molar refractivity (Wildman–Crippen MR) is 171 cm³/mol. The number of hydrogen-bond donors (Lipinski definition) is 0. The van der Waals surface area contributed by atoms with E-state index in [2.05, 4.69) is 53.5 Å².